The van der Waals surface area contributed by atoms with Crippen LogP contribution in [0, 0.1) is 0 Å². The molecule has 0 aliphatic heterocycles. The second kappa shape index (κ2) is 10.4. The molecule has 1 aliphatic rings. The summed E-state index contributed by atoms with van der Waals surface area (Å²) in [6.07, 6.45) is 4.39. The van der Waals surface area contributed by atoms with Crippen LogP contribution in [0.2, 0.25) is 16.6 Å². The molecule has 9 heteroatoms. The van der Waals surface area contributed by atoms with E-state index in [9.17, 15) is 9.90 Å². The normalized spacial score (nSPS) is 20.9. The first-order valence-corrected chi connectivity index (χ1v) is 15.9. The molecule has 202 valence electrons. The Bertz CT molecular complexity index is 1060. The van der Waals surface area contributed by atoms with Crippen LogP contribution < -0.4 is 0 Å². The molecule has 0 atom stereocenters. The molecule has 2 heterocycles. The van der Waals surface area contributed by atoms with Gasteiger partial charge >= 0.3 is 6.09 Å². The van der Waals surface area contributed by atoms with Gasteiger partial charge in [-0.05, 0) is 65.6 Å². The Labute approximate surface area is 225 Å². The molecule has 0 aromatic carbocycles. The van der Waals surface area contributed by atoms with Crippen molar-refractivity contribution in [2.45, 2.75) is 109 Å². The standard InChI is InChI=1S/C27H44BrN3O4Si/c1-17(2)36(18(3)4,19(5)6)31-12-11-21-23(22(28)15-29-24(21)31)27(33)13-20(14-27)30(16-34-10)25(32)35-26(7,8)9/h11-12,15,17-20,33H,13-14,16H2,1-10H3. The van der Waals surface area contributed by atoms with Crippen molar-refractivity contribution in [3.8, 4) is 0 Å². The highest BCUT2D eigenvalue weighted by atomic mass is 79.9. The van der Waals surface area contributed by atoms with E-state index in [-0.39, 0.29) is 12.8 Å². The molecule has 0 spiro atoms. The molecule has 0 unspecified atom stereocenters. The lowest BCUT2D eigenvalue weighted by atomic mass is 9.70. The molecule has 1 saturated carbocycles. The minimum absolute atomic E-state index is 0.115. The molecule has 7 nitrogen and oxygen atoms in total. The number of pyridine rings is 1. The lowest BCUT2D eigenvalue weighted by molar-refractivity contribution is -0.114. The highest BCUT2D eigenvalue weighted by Crippen LogP contribution is 2.50. The van der Waals surface area contributed by atoms with E-state index in [1.807, 2.05) is 27.0 Å². The molecule has 0 bridgehead atoms. The number of fused-ring (bicyclic) bond motifs is 1. The smallest absolute Gasteiger partial charge is 0.412 e. The zero-order valence-electron chi connectivity index (χ0n) is 23.6. The summed E-state index contributed by atoms with van der Waals surface area (Å²) in [6.45, 7) is 19.7. The number of methoxy groups -OCH3 is 1. The number of carbonyl (C=O) groups is 1. The van der Waals surface area contributed by atoms with Gasteiger partial charge in [-0.15, -0.1) is 0 Å². The first kappa shape index (κ1) is 29.1. The van der Waals surface area contributed by atoms with Gasteiger partial charge in [0.15, 0.2) is 8.24 Å². The van der Waals surface area contributed by atoms with E-state index in [1.54, 1.807) is 12.0 Å². The molecule has 2 aromatic heterocycles. The van der Waals surface area contributed by atoms with E-state index in [0.29, 0.717) is 29.5 Å². The molecule has 36 heavy (non-hydrogen) atoms. The van der Waals surface area contributed by atoms with Crippen LogP contribution >= 0.6 is 15.9 Å². The number of amides is 1. The van der Waals surface area contributed by atoms with Crippen LogP contribution in [0.1, 0.15) is 80.7 Å². The number of ether oxygens (including phenoxy) is 2. The average Bonchev–Trinajstić information content (AvgIpc) is 3.12. The quantitative estimate of drug-likeness (QED) is 0.268. The molecule has 1 amide bonds. The van der Waals surface area contributed by atoms with Crippen molar-refractivity contribution in [2.75, 3.05) is 13.8 Å². The predicted octanol–water partition coefficient (Wildman–Crippen LogP) is 7.01. The van der Waals surface area contributed by atoms with Gasteiger partial charge in [-0.25, -0.2) is 9.78 Å². The van der Waals surface area contributed by atoms with Crippen molar-refractivity contribution in [1.29, 1.82) is 0 Å². The zero-order chi connectivity index (χ0) is 27.2. The van der Waals surface area contributed by atoms with E-state index in [2.05, 4.69) is 74.0 Å². The number of aromatic nitrogens is 2. The number of rotatable bonds is 8. The molecular weight excluding hydrogens is 538 g/mol. The third-order valence-corrected chi connectivity index (χ3v) is 15.2. The van der Waals surface area contributed by atoms with Crippen molar-refractivity contribution >= 4 is 41.3 Å². The summed E-state index contributed by atoms with van der Waals surface area (Å²) in [5.41, 5.74) is 1.67. The van der Waals surface area contributed by atoms with Crippen molar-refractivity contribution < 1.29 is 19.4 Å². The third-order valence-electron chi connectivity index (χ3n) is 7.81. The van der Waals surface area contributed by atoms with Crippen LogP contribution in [-0.2, 0) is 15.1 Å². The summed E-state index contributed by atoms with van der Waals surface area (Å²) in [7, 11) is -0.458. The second-order valence-electron chi connectivity index (χ2n) is 12.2. The Morgan fingerprint density at radius 3 is 2.25 bits per heavy atom. The Morgan fingerprint density at radius 2 is 1.78 bits per heavy atom. The van der Waals surface area contributed by atoms with Crippen LogP contribution in [0.15, 0.2) is 22.9 Å². The first-order valence-electron chi connectivity index (χ1n) is 13.0. The molecule has 3 rings (SSSR count). The topological polar surface area (TPSA) is 76.8 Å². The third kappa shape index (κ3) is 5.00. The fourth-order valence-corrected chi connectivity index (χ4v) is 13.8. The van der Waals surface area contributed by atoms with Crippen LogP contribution in [0.5, 0.6) is 0 Å². The van der Waals surface area contributed by atoms with Crippen LogP contribution in [0.4, 0.5) is 4.79 Å². The van der Waals surface area contributed by atoms with Gasteiger partial charge in [-0.1, -0.05) is 41.5 Å². The first-order chi connectivity index (χ1) is 16.6. The monoisotopic (exact) mass is 581 g/mol. The Balaban J connectivity index is 2.02. The summed E-state index contributed by atoms with van der Waals surface area (Å²) in [5, 5.41) is 12.8. The van der Waals surface area contributed by atoms with Crippen molar-refractivity contribution in [1.82, 2.24) is 14.1 Å². The van der Waals surface area contributed by atoms with Crippen LogP contribution in [-0.4, -0.2) is 59.0 Å². The van der Waals surface area contributed by atoms with Crippen molar-refractivity contribution in [3.05, 3.63) is 28.5 Å². The second-order valence-corrected chi connectivity index (χ2v) is 18.8. The Morgan fingerprint density at radius 1 is 1.22 bits per heavy atom. The van der Waals surface area contributed by atoms with Crippen molar-refractivity contribution in [3.63, 3.8) is 0 Å². The summed E-state index contributed by atoms with van der Waals surface area (Å²) >= 11 is 3.68. The number of hydrogen-bond donors (Lipinski definition) is 1. The summed E-state index contributed by atoms with van der Waals surface area (Å²) in [4.78, 5) is 19.3. The summed E-state index contributed by atoms with van der Waals surface area (Å²) in [5.74, 6) is 0. The number of carbonyl (C=O) groups excluding carboxylic acids is 1. The summed E-state index contributed by atoms with van der Waals surface area (Å²) < 4.78 is 14.1. The Kier molecular flexibility index (Phi) is 8.41. The fourth-order valence-electron chi connectivity index (χ4n) is 6.59. The molecule has 1 N–H and O–H groups in total. The largest absolute Gasteiger partial charge is 0.444 e. The lowest BCUT2D eigenvalue weighted by Crippen LogP contribution is -2.56. The van der Waals surface area contributed by atoms with Gasteiger partial charge in [0.1, 0.15) is 18.0 Å². The van der Waals surface area contributed by atoms with E-state index < -0.39 is 25.5 Å². The van der Waals surface area contributed by atoms with Gasteiger partial charge in [0.2, 0.25) is 0 Å². The molecule has 1 aliphatic carbocycles. The lowest BCUT2D eigenvalue weighted by Gasteiger charge is -2.49. The SMILES string of the molecule is COCN(C(=O)OC(C)(C)C)C1CC(O)(c2c(Br)cnc3c2ccn3[Si](C(C)C)(C(C)C)C(C)C)C1. The highest BCUT2D eigenvalue weighted by Gasteiger charge is 2.51. The van der Waals surface area contributed by atoms with Gasteiger partial charge in [-0.2, -0.15) is 0 Å². The Hall–Kier alpha value is -1.42. The minimum atomic E-state index is -2.02. The van der Waals surface area contributed by atoms with Gasteiger partial charge in [-0.3, -0.25) is 4.90 Å². The van der Waals surface area contributed by atoms with Gasteiger partial charge in [0, 0.05) is 47.6 Å². The number of hydrogen-bond acceptors (Lipinski definition) is 5. The molecular formula is C27H44BrN3O4Si. The van der Waals surface area contributed by atoms with Crippen molar-refractivity contribution in [2.24, 2.45) is 0 Å². The average molecular weight is 583 g/mol. The fraction of sp³-hybridized carbons (Fsp3) is 0.704. The number of aliphatic hydroxyl groups is 1. The number of nitrogens with zero attached hydrogens (tertiary/aromatic N) is 3. The van der Waals surface area contributed by atoms with Crippen LogP contribution in [0.25, 0.3) is 11.0 Å². The van der Waals surface area contributed by atoms with Gasteiger partial charge in [0.05, 0.1) is 5.60 Å². The summed E-state index contributed by atoms with van der Waals surface area (Å²) in [6, 6.07) is 1.93. The van der Waals surface area contributed by atoms with Crippen LogP contribution in [0.3, 0.4) is 0 Å². The minimum Gasteiger partial charge on any atom is -0.444 e. The number of halogens is 1. The van der Waals surface area contributed by atoms with E-state index >= 15 is 0 Å². The van der Waals surface area contributed by atoms with E-state index in [1.165, 1.54) is 0 Å². The van der Waals surface area contributed by atoms with Gasteiger partial charge in [0.25, 0.3) is 0 Å². The van der Waals surface area contributed by atoms with E-state index in [4.69, 9.17) is 14.5 Å². The zero-order valence-corrected chi connectivity index (χ0v) is 26.1. The maximum absolute atomic E-state index is 12.8. The van der Waals surface area contributed by atoms with E-state index in [0.717, 1.165) is 21.1 Å². The molecule has 1 fully saturated rings. The van der Waals surface area contributed by atoms with Gasteiger partial charge < -0.3 is 18.8 Å². The maximum atomic E-state index is 12.8. The highest BCUT2D eigenvalue weighted by molar-refractivity contribution is 9.10. The maximum Gasteiger partial charge on any atom is 0.412 e. The molecule has 0 radical (unpaired) electrons. The molecule has 0 saturated heterocycles. The predicted molar refractivity (Wildman–Crippen MR) is 151 cm³/mol. The molecule has 2 aromatic rings.